The van der Waals surface area contributed by atoms with Crippen LogP contribution < -0.4 is 10.1 Å². The Morgan fingerprint density at radius 1 is 1.16 bits per heavy atom. The van der Waals surface area contributed by atoms with Crippen molar-refractivity contribution in [1.82, 2.24) is 5.32 Å². The number of alkyl halides is 2. The lowest BCUT2D eigenvalue weighted by atomic mass is 9.95. The molecule has 5 nitrogen and oxygen atoms in total. The number of ether oxygens (including phenoxy) is 2. The Kier molecular flexibility index (Phi) is 7.37. The third kappa shape index (κ3) is 7.32. The number of carbonyl (C=O) groups is 2. The van der Waals surface area contributed by atoms with Gasteiger partial charge in [0.2, 0.25) is 0 Å². The Morgan fingerprint density at radius 3 is 2.48 bits per heavy atom. The fraction of sp³-hybridized carbons (Fsp3) is 0.444. The van der Waals surface area contributed by atoms with E-state index >= 15 is 0 Å². The summed E-state index contributed by atoms with van der Waals surface area (Å²) in [6.45, 7) is -3.20. The lowest BCUT2D eigenvalue weighted by molar-refractivity contribution is -0.144. The molecule has 1 aliphatic carbocycles. The molecule has 1 N–H and O–H groups in total. The number of hydrogen-bond acceptors (Lipinski definition) is 4. The van der Waals surface area contributed by atoms with E-state index in [-0.39, 0.29) is 24.3 Å². The van der Waals surface area contributed by atoms with Gasteiger partial charge in [0.15, 0.2) is 6.61 Å². The van der Waals surface area contributed by atoms with Crippen LogP contribution in [-0.2, 0) is 14.3 Å². The normalized spacial score (nSPS) is 15.3. The van der Waals surface area contributed by atoms with Crippen LogP contribution in [0.15, 0.2) is 30.3 Å². The standard InChI is InChI=1S/C18H21F2NO4/c19-18(20)25-15-9-6-13(7-10-15)8-11-17(23)24-12-16(22)21-14-4-2-1-3-5-14/h6-11,14,18H,1-5,12H2,(H,21,22)/b11-8+. The van der Waals surface area contributed by atoms with E-state index in [9.17, 15) is 18.4 Å². The van der Waals surface area contributed by atoms with Gasteiger partial charge in [-0.15, -0.1) is 0 Å². The molecular weight excluding hydrogens is 332 g/mol. The molecule has 0 bridgehead atoms. The summed E-state index contributed by atoms with van der Waals surface area (Å²) in [7, 11) is 0. The van der Waals surface area contributed by atoms with E-state index in [1.807, 2.05) is 0 Å². The largest absolute Gasteiger partial charge is 0.452 e. The predicted octanol–water partition coefficient (Wildman–Crippen LogP) is 3.29. The van der Waals surface area contributed by atoms with Crippen molar-refractivity contribution in [2.24, 2.45) is 0 Å². The van der Waals surface area contributed by atoms with Crippen LogP contribution in [0.3, 0.4) is 0 Å². The molecule has 0 aromatic heterocycles. The summed E-state index contributed by atoms with van der Waals surface area (Å²) in [6.07, 6.45) is 7.98. The van der Waals surface area contributed by atoms with Gasteiger partial charge in [0.1, 0.15) is 5.75 Å². The Morgan fingerprint density at radius 2 is 1.84 bits per heavy atom. The molecule has 1 aromatic carbocycles. The van der Waals surface area contributed by atoms with Crippen molar-refractivity contribution in [3.05, 3.63) is 35.9 Å². The Hall–Kier alpha value is -2.44. The lowest BCUT2D eigenvalue weighted by Crippen LogP contribution is -2.38. The highest BCUT2D eigenvalue weighted by molar-refractivity contribution is 5.89. The minimum absolute atomic E-state index is 0.0362. The highest BCUT2D eigenvalue weighted by Crippen LogP contribution is 2.17. The lowest BCUT2D eigenvalue weighted by Gasteiger charge is -2.22. The van der Waals surface area contributed by atoms with Crippen LogP contribution in [0.4, 0.5) is 8.78 Å². The Bertz CT molecular complexity index is 596. The summed E-state index contributed by atoms with van der Waals surface area (Å²) in [5.74, 6) is -0.914. The van der Waals surface area contributed by atoms with Crippen LogP contribution in [0.2, 0.25) is 0 Å². The molecule has 25 heavy (non-hydrogen) atoms. The van der Waals surface area contributed by atoms with Crippen LogP contribution in [-0.4, -0.2) is 31.1 Å². The molecule has 0 saturated heterocycles. The van der Waals surface area contributed by atoms with E-state index in [4.69, 9.17) is 4.74 Å². The first kappa shape index (κ1) is 18.9. The zero-order valence-corrected chi connectivity index (χ0v) is 13.8. The van der Waals surface area contributed by atoms with Crippen LogP contribution >= 0.6 is 0 Å². The number of halogens is 2. The van der Waals surface area contributed by atoms with E-state index in [2.05, 4.69) is 10.1 Å². The predicted molar refractivity (Wildman–Crippen MR) is 88.1 cm³/mol. The summed E-state index contributed by atoms with van der Waals surface area (Å²) in [6, 6.07) is 5.96. The van der Waals surface area contributed by atoms with Gasteiger partial charge >= 0.3 is 12.6 Å². The molecule has 0 unspecified atom stereocenters. The van der Waals surface area contributed by atoms with Crippen LogP contribution in [0.5, 0.6) is 5.75 Å². The third-order valence-corrected chi connectivity index (χ3v) is 3.83. The van der Waals surface area contributed by atoms with Crippen molar-refractivity contribution in [1.29, 1.82) is 0 Å². The average Bonchev–Trinajstić information content (AvgIpc) is 2.60. The maximum atomic E-state index is 12.0. The van der Waals surface area contributed by atoms with Crippen molar-refractivity contribution < 1.29 is 27.8 Å². The van der Waals surface area contributed by atoms with Gasteiger partial charge in [-0.25, -0.2) is 4.79 Å². The van der Waals surface area contributed by atoms with E-state index < -0.39 is 12.6 Å². The first-order valence-corrected chi connectivity index (χ1v) is 8.22. The van der Waals surface area contributed by atoms with E-state index in [1.165, 1.54) is 42.8 Å². The van der Waals surface area contributed by atoms with E-state index in [1.54, 1.807) is 0 Å². The van der Waals surface area contributed by atoms with Crippen LogP contribution in [0.25, 0.3) is 6.08 Å². The highest BCUT2D eigenvalue weighted by atomic mass is 19.3. The summed E-state index contributed by atoms with van der Waals surface area (Å²) in [5, 5.41) is 2.85. The van der Waals surface area contributed by atoms with Crippen molar-refractivity contribution in [2.45, 2.75) is 44.8 Å². The Labute approximate surface area is 145 Å². The molecule has 1 saturated carbocycles. The minimum atomic E-state index is -2.88. The van der Waals surface area contributed by atoms with E-state index in [0.29, 0.717) is 5.56 Å². The zero-order valence-electron chi connectivity index (χ0n) is 13.8. The van der Waals surface area contributed by atoms with Gasteiger partial charge in [-0.05, 0) is 36.6 Å². The van der Waals surface area contributed by atoms with E-state index in [0.717, 1.165) is 25.7 Å². The molecule has 0 aliphatic heterocycles. The number of benzene rings is 1. The number of hydrogen-bond donors (Lipinski definition) is 1. The average molecular weight is 353 g/mol. The molecule has 136 valence electrons. The monoisotopic (exact) mass is 353 g/mol. The quantitative estimate of drug-likeness (QED) is 0.603. The SMILES string of the molecule is O=C(COC(=O)/C=C/c1ccc(OC(F)F)cc1)NC1CCCCC1. The smallest absolute Gasteiger partial charge is 0.387 e. The van der Waals surface area contributed by atoms with Gasteiger partial charge in [-0.2, -0.15) is 8.78 Å². The summed E-state index contributed by atoms with van der Waals surface area (Å²) in [4.78, 5) is 23.3. The minimum Gasteiger partial charge on any atom is -0.452 e. The Balaban J connectivity index is 1.71. The van der Waals surface area contributed by atoms with Gasteiger partial charge < -0.3 is 14.8 Å². The van der Waals surface area contributed by atoms with Crippen LogP contribution in [0, 0.1) is 0 Å². The fourth-order valence-electron chi connectivity index (χ4n) is 2.63. The topological polar surface area (TPSA) is 64.6 Å². The first-order valence-electron chi connectivity index (χ1n) is 8.22. The maximum Gasteiger partial charge on any atom is 0.387 e. The van der Waals surface area contributed by atoms with Crippen LogP contribution in [0.1, 0.15) is 37.7 Å². The first-order chi connectivity index (χ1) is 12.0. The second-order valence-electron chi connectivity index (χ2n) is 5.79. The van der Waals surface area contributed by atoms with Gasteiger partial charge in [-0.1, -0.05) is 31.4 Å². The third-order valence-electron chi connectivity index (χ3n) is 3.83. The molecular formula is C18H21F2NO4. The number of nitrogens with one attached hydrogen (secondary N) is 1. The van der Waals surface area contributed by atoms with Gasteiger partial charge in [0.05, 0.1) is 0 Å². The molecule has 0 atom stereocenters. The fourth-order valence-corrected chi connectivity index (χ4v) is 2.63. The molecule has 1 fully saturated rings. The highest BCUT2D eigenvalue weighted by Gasteiger charge is 2.16. The van der Waals surface area contributed by atoms with Crippen molar-refractivity contribution in [3.63, 3.8) is 0 Å². The van der Waals surface area contributed by atoms with Crippen molar-refractivity contribution in [3.8, 4) is 5.75 Å². The molecule has 0 heterocycles. The summed E-state index contributed by atoms with van der Waals surface area (Å²) >= 11 is 0. The summed E-state index contributed by atoms with van der Waals surface area (Å²) < 4.78 is 33.2. The second-order valence-corrected chi connectivity index (χ2v) is 5.79. The number of amides is 1. The van der Waals surface area contributed by atoms with Crippen molar-refractivity contribution in [2.75, 3.05) is 6.61 Å². The number of rotatable bonds is 7. The molecule has 2 rings (SSSR count). The maximum absolute atomic E-state index is 12.0. The molecule has 1 amide bonds. The van der Waals surface area contributed by atoms with Gasteiger partial charge in [0, 0.05) is 12.1 Å². The number of carbonyl (C=O) groups excluding carboxylic acids is 2. The van der Waals surface area contributed by atoms with Crippen molar-refractivity contribution >= 4 is 18.0 Å². The molecule has 1 aliphatic rings. The molecule has 0 radical (unpaired) electrons. The molecule has 7 heteroatoms. The zero-order chi connectivity index (χ0) is 18.1. The van der Waals surface area contributed by atoms with Gasteiger partial charge in [0.25, 0.3) is 5.91 Å². The molecule has 0 spiro atoms. The molecule has 1 aromatic rings. The summed E-state index contributed by atoms with van der Waals surface area (Å²) in [5.41, 5.74) is 0.616. The number of esters is 1. The van der Waals surface area contributed by atoms with Gasteiger partial charge in [-0.3, -0.25) is 4.79 Å². The second kappa shape index (κ2) is 9.76.